The summed E-state index contributed by atoms with van der Waals surface area (Å²) in [6.45, 7) is 2.03. The second-order valence-electron chi connectivity index (χ2n) is 4.39. The summed E-state index contributed by atoms with van der Waals surface area (Å²) in [7, 11) is 3.63. The Labute approximate surface area is 124 Å². The second-order valence-corrected chi connectivity index (χ2v) is 5.19. The first kappa shape index (κ1) is 14.7. The van der Waals surface area contributed by atoms with Gasteiger partial charge in [0.25, 0.3) is 0 Å². The summed E-state index contributed by atoms with van der Waals surface area (Å²) in [5.41, 5.74) is 1.50. The van der Waals surface area contributed by atoms with Crippen molar-refractivity contribution in [1.29, 1.82) is 0 Å². The average molecular weight is 341 g/mol. The molecule has 1 heterocycles. The van der Waals surface area contributed by atoms with Gasteiger partial charge in [-0.2, -0.15) is 0 Å². The average Bonchev–Trinajstić information content (AvgIpc) is 2.41. The Morgan fingerprint density at radius 1 is 1.45 bits per heavy atom. The Morgan fingerprint density at radius 2 is 2.15 bits per heavy atom. The second kappa shape index (κ2) is 5.75. The first-order valence-corrected chi connectivity index (χ1v) is 6.87. The number of fused-ring (bicyclic) bond motifs is 1. The summed E-state index contributed by atoms with van der Waals surface area (Å²) in [4.78, 5) is 18.0. The number of carbonyl (C=O) groups is 1. The molecule has 1 aromatic heterocycles. The van der Waals surface area contributed by atoms with Crippen molar-refractivity contribution in [3.05, 3.63) is 34.2 Å². The topological polar surface area (TPSA) is 42.4 Å². The predicted octanol–water partition coefficient (Wildman–Crippen LogP) is 3.38. The molecule has 0 atom stereocenters. The lowest BCUT2D eigenvalue weighted by atomic mass is 10.1. The largest absolute Gasteiger partial charge is 0.462 e. The molecule has 0 saturated carbocycles. The molecule has 2 aromatic rings. The minimum absolute atomic E-state index is 0.286. The molecule has 106 valence electrons. The van der Waals surface area contributed by atoms with Gasteiger partial charge < -0.3 is 9.64 Å². The normalized spacial score (nSPS) is 10.7. The van der Waals surface area contributed by atoms with E-state index >= 15 is 0 Å². The fraction of sp³-hybridized carbons (Fsp3) is 0.286. The molecule has 0 spiro atoms. The van der Waals surface area contributed by atoms with Crippen LogP contribution in [-0.4, -0.2) is 31.7 Å². The number of rotatable bonds is 3. The van der Waals surface area contributed by atoms with Crippen LogP contribution in [0.1, 0.15) is 17.3 Å². The third-order valence-corrected chi connectivity index (χ3v) is 3.60. The zero-order chi connectivity index (χ0) is 14.9. The molecule has 0 aliphatic rings. The maximum atomic E-state index is 13.6. The van der Waals surface area contributed by atoms with Crippen LogP contribution in [0.25, 0.3) is 10.9 Å². The minimum atomic E-state index is -0.439. The van der Waals surface area contributed by atoms with E-state index < -0.39 is 11.8 Å². The quantitative estimate of drug-likeness (QED) is 0.803. The summed E-state index contributed by atoms with van der Waals surface area (Å²) >= 11 is 3.18. The van der Waals surface area contributed by atoms with Crippen molar-refractivity contribution < 1.29 is 13.9 Å². The maximum absolute atomic E-state index is 13.6. The van der Waals surface area contributed by atoms with Gasteiger partial charge in [-0.15, -0.1) is 0 Å². The van der Waals surface area contributed by atoms with Crippen molar-refractivity contribution in [3.63, 3.8) is 0 Å². The van der Waals surface area contributed by atoms with Gasteiger partial charge in [-0.3, -0.25) is 4.98 Å². The van der Waals surface area contributed by atoms with E-state index in [1.165, 1.54) is 12.3 Å². The number of halogens is 2. The van der Waals surface area contributed by atoms with Gasteiger partial charge >= 0.3 is 5.97 Å². The molecular formula is C14H14BrFN2O2. The van der Waals surface area contributed by atoms with Gasteiger partial charge in [0.15, 0.2) is 0 Å². The predicted molar refractivity (Wildman–Crippen MR) is 79.7 cm³/mol. The number of carbonyl (C=O) groups excluding carboxylic acids is 1. The van der Waals surface area contributed by atoms with Crippen molar-refractivity contribution in [1.82, 2.24) is 4.98 Å². The molecule has 0 amide bonds. The van der Waals surface area contributed by atoms with E-state index in [0.29, 0.717) is 22.2 Å². The summed E-state index contributed by atoms with van der Waals surface area (Å²) in [6, 6.07) is 2.95. The highest BCUT2D eigenvalue weighted by molar-refractivity contribution is 9.10. The summed E-state index contributed by atoms with van der Waals surface area (Å²) < 4.78 is 18.9. The molecule has 1 aromatic carbocycles. The van der Waals surface area contributed by atoms with Crippen LogP contribution < -0.4 is 4.90 Å². The van der Waals surface area contributed by atoms with Crippen LogP contribution >= 0.6 is 15.9 Å². The van der Waals surface area contributed by atoms with Crippen molar-refractivity contribution in [2.45, 2.75) is 6.92 Å². The van der Waals surface area contributed by atoms with E-state index in [2.05, 4.69) is 20.9 Å². The highest BCUT2D eigenvalue weighted by atomic mass is 79.9. The van der Waals surface area contributed by atoms with E-state index in [1.54, 1.807) is 17.9 Å². The maximum Gasteiger partial charge on any atom is 0.341 e. The van der Waals surface area contributed by atoms with E-state index in [4.69, 9.17) is 4.74 Å². The molecule has 6 heteroatoms. The van der Waals surface area contributed by atoms with Crippen LogP contribution in [0.3, 0.4) is 0 Å². The summed E-state index contributed by atoms with van der Waals surface area (Å²) in [5.74, 6) is -0.829. The Bertz CT molecular complexity index is 674. The monoisotopic (exact) mass is 340 g/mol. The molecule has 0 N–H and O–H groups in total. The fourth-order valence-electron chi connectivity index (χ4n) is 2.03. The Kier molecular flexibility index (Phi) is 4.23. The zero-order valence-electron chi connectivity index (χ0n) is 11.4. The zero-order valence-corrected chi connectivity index (χ0v) is 13.0. The molecular weight excluding hydrogens is 327 g/mol. The number of ether oxygens (including phenoxy) is 1. The SMILES string of the molecule is CCOC(=O)c1cnc2c(Br)c(F)ccc2c1N(C)C. The molecule has 20 heavy (non-hydrogen) atoms. The standard InChI is InChI=1S/C14H14BrFN2O2/c1-4-20-14(19)9-7-17-12-8(13(9)18(2)3)5-6-10(16)11(12)15/h5-7H,4H2,1-3H3. The van der Waals surface area contributed by atoms with Gasteiger partial charge in [-0.1, -0.05) is 0 Å². The van der Waals surface area contributed by atoms with Crippen molar-refractivity contribution in [2.75, 3.05) is 25.6 Å². The number of aromatic nitrogens is 1. The van der Waals surface area contributed by atoms with E-state index in [0.717, 1.165) is 0 Å². The number of pyridine rings is 1. The lowest BCUT2D eigenvalue weighted by molar-refractivity contribution is 0.0527. The number of benzene rings is 1. The van der Waals surface area contributed by atoms with Crippen LogP contribution in [0.2, 0.25) is 0 Å². The van der Waals surface area contributed by atoms with Crippen molar-refractivity contribution >= 4 is 38.5 Å². The number of anilines is 1. The minimum Gasteiger partial charge on any atom is -0.462 e. The number of hydrogen-bond acceptors (Lipinski definition) is 4. The molecule has 2 rings (SSSR count). The van der Waals surface area contributed by atoms with E-state index in [-0.39, 0.29) is 11.1 Å². The third kappa shape index (κ3) is 2.47. The number of nitrogens with zero attached hydrogens (tertiary/aromatic N) is 2. The summed E-state index contributed by atoms with van der Waals surface area (Å²) in [5, 5.41) is 0.689. The Morgan fingerprint density at radius 3 is 2.75 bits per heavy atom. The summed E-state index contributed by atoms with van der Waals surface area (Å²) in [6.07, 6.45) is 1.42. The van der Waals surface area contributed by atoms with Gasteiger partial charge in [-0.25, -0.2) is 9.18 Å². The highest BCUT2D eigenvalue weighted by Crippen LogP contribution is 2.33. The van der Waals surface area contributed by atoms with Crippen LogP contribution in [0, 0.1) is 5.82 Å². The van der Waals surface area contributed by atoms with E-state index in [9.17, 15) is 9.18 Å². The van der Waals surface area contributed by atoms with Gasteiger partial charge in [-0.05, 0) is 35.0 Å². The molecule has 0 bridgehead atoms. The Hall–Kier alpha value is -1.69. The van der Waals surface area contributed by atoms with Crippen molar-refractivity contribution in [3.8, 4) is 0 Å². The first-order chi connectivity index (χ1) is 9.47. The molecule has 4 nitrogen and oxygen atoms in total. The van der Waals surface area contributed by atoms with Crippen LogP contribution in [0.4, 0.5) is 10.1 Å². The molecule has 0 radical (unpaired) electrons. The Balaban J connectivity index is 2.76. The molecule has 0 aliphatic heterocycles. The highest BCUT2D eigenvalue weighted by Gasteiger charge is 2.19. The van der Waals surface area contributed by atoms with E-state index in [1.807, 2.05) is 14.1 Å². The van der Waals surface area contributed by atoms with Crippen molar-refractivity contribution in [2.24, 2.45) is 0 Å². The van der Waals surface area contributed by atoms with Gasteiger partial charge in [0, 0.05) is 25.7 Å². The molecule has 0 saturated heterocycles. The fourth-order valence-corrected chi connectivity index (χ4v) is 2.48. The smallest absolute Gasteiger partial charge is 0.341 e. The first-order valence-electron chi connectivity index (χ1n) is 6.08. The number of hydrogen-bond donors (Lipinski definition) is 0. The van der Waals surface area contributed by atoms with Crippen LogP contribution in [-0.2, 0) is 4.74 Å². The lowest BCUT2D eigenvalue weighted by Crippen LogP contribution is -2.16. The van der Waals surface area contributed by atoms with Gasteiger partial charge in [0.2, 0.25) is 0 Å². The lowest BCUT2D eigenvalue weighted by Gasteiger charge is -2.19. The van der Waals surface area contributed by atoms with Crippen LogP contribution in [0.15, 0.2) is 22.8 Å². The van der Waals surface area contributed by atoms with Gasteiger partial charge in [0.05, 0.1) is 22.3 Å². The molecule has 0 unspecified atom stereocenters. The van der Waals surface area contributed by atoms with Crippen LogP contribution in [0.5, 0.6) is 0 Å². The number of esters is 1. The molecule has 0 aliphatic carbocycles. The van der Waals surface area contributed by atoms with Gasteiger partial charge in [0.1, 0.15) is 11.4 Å². The third-order valence-electron chi connectivity index (χ3n) is 2.84. The molecule has 0 fully saturated rings.